The Hall–Kier alpha value is -0.0600. The Balaban J connectivity index is 1.88. The third kappa shape index (κ3) is 4.76. The van der Waals surface area contributed by atoms with E-state index < -0.39 is 0 Å². The van der Waals surface area contributed by atoms with Gasteiger partial charge in [-0.15, -0.1) is 0 Å². The minimum Gasteiger partial charge on any atom is -0.316 e. The molecule has 1 aliphatic carbocycles. The number of thioether (sulfide) groups is 1. The van der Waals surface area contributed by atoms with Gasteiger partial charge < -0.3 is 5.32 Å². The molecule has 1 unspecified atom stereocenters. The Morgan fingerprint density at radius 3 is 2.84 bits per heavy atom. The third-order valence-electron chi connectivity index (χ3n) is 3.72. The van der Waals surface area contributed by atoms with E-state index >= 15 is 0 Å². The fourth-order valence-electron chi connectivity index (χ4n) is 2.52. The van der Waals surface area contributed by atoms with Gasteiger partial charge in [0.1, 0.15) is 5.82 Å². The van der Waals surface area contributed by atoms with Gasteiger partial charge in [0.05, 0.1) is 0 Å². The molecular formula is C15H21BrFNS. The number of hydrogen-bond acceptors (Lipinski definition) is 2. The first-order valence-corrected chi connectivity index (χ1v) is 8.76. The Labute approximate surface area is 127 Å². The summed E-state index contributed by atoms with van der Waals surface area (Å²) in [6, 6.07) is 5.33. The van der Waals surface area contributed by atoms with Crippen molar-refractivity contribution < 1.29 is 4.39 Å². The van der Waals surface area contributed by atoms with E-state index in [1.54, 1.807) is 12.1 Å². The second-order valence-electron chi connectivity index (χ2n) is 5.17. The van der Waals surface area contributed by atoms with Gasteiger partial charge in [-0.05, 0) is 50.1 Å². The number of likely N-dealkylation sites (N-methyl/N-ethyl adjacent to an activating group) is 1. The Kier molecular flexibility index (Phi) is 6.17. The lowest BCUT2D eigenvalue weighted by molar-refractivity contribution is 0.600. The van der Waals surface area contributed by atoms with Gasteiger partial charge in [0.15, 0.2) is 0 Å². The molecule has 1 nitrogen and oxygen atoms in total. The Bertz CT molecular complexity index is 407. The van der Waals surface area contributed by atoms with Crippen molar-refractivity contribution in [3.05, 3.63) is 34.1 Å². The predicted octanol–water partition coefficient (Wildman–Crippen LogP) is 4.39. The van der Waals surface area contributed by atoms with Crippen molar-refractivity contribution >= 4 is 27.7 Å². The smallest absolute Gasteiger partial charge is 0.123 e. The van der Waals surface area contributed by atoms with Crippen LogP contribution in [0.5, 0.6) is 0 Å². The molecule has 1 aromatic rings. The summed E-state index contributed by atoms with van der Waals surface area (Å²) in [6.07, 6.45) is 6.37. The van der Waals surface area contributed by atoms with Gasteiger partial charge >= 0.3 is 0 Å². The van der Waals surface area contributed by atoms with Crippen molar-refractivity contribution in [3.63, 3.8) is 0 Å². The van der Waals surface area contributed by atoms with Crippen molar-refractivity contribution in [2.75, 3.05) is 12.8 Å². The van der Waals surface area contributed by atoms with E-state index in [9.17, 15) is 4.39 Å². The fraction of sp³-hybridized carbons (Fsp3) is 0.600. The van der Waals surface area contributed by atoms with Crippen LogP contribution >= 0.6 is 27.7 Å². The molecule has 2 rings (SSSR count). The van der Waals surface area contributed by atoms with Crippen molar-refractivity contribution in [2.24, 2.45) is 0 Å². The zero-order valence-corrected chi connectivity index (χ0v) is 13.7. The van der Waals surface area contributed by atoms with Gasteiger partial charge in [-0.2, -0.15) is 11.8 Å². The summed E-state index contributed by atoms with van der Waals surface area (Å²) in [6.45, 7) is 0. The van der Waals surface area contributed by atoms with Crippen molar-refractivity contribution in [3.8, 4) is 0 Å². The van der Waals surface area contributed by atoms with Gasteiger partial charge in [-0.1, -0.05) is 28.8 Å². The molecule has 106 valence electrons. The Morgan fingerprint density at radius 2 is 2.16 bits per heavy atom. The van der Waals surface area contributed by atoms with E-state index in [1.165, 1.54) is 31.7 Å². The molecule has 0 radical (unpaired) electrons. The van der Waals surface area contributed by atoms with E-state index in [1.807, 2.05) is 7.05 Å². The highest BCUT2D eigenvalue weighted by atomic mass is 79.9. The van der Waals surface area contributed by atoms with Crippen LogP contribution in [-0.4, -0.2) is 24.1 Å². The van der Waals surface area contributed by atoms with Crippen molar-refractivity contribution in [1.29, 1.82) is 0 Å². The molecule has 0 aromatic heterocycles. The van der Waals surface area contributed by atoms with Gasteiger partial charge in [-0.3, -0.25) is 0 Å². The topological polar surface area (TPSA) is 12.0 Å². The number of halogens is 2. The average molecular weight is 346 g/mol. The summed E-state index contributed by atoms with van der Waals surface area (Å²) >= 11 is 5.58. The largest absolute Gasteiger partial charge is 0.316 e. The van der Waals surface area contributed by atoms with Crippen LogP contribution in [0.1, 0.15) is 31.2 Å². The van der Waals surface area contributed by atoms with Gasteiger partial charge in [0, 0.05) is 21.5 Å². The molecule has 0 saturated heterocycles. The molecule has 1 aliphatic rings. The first-order valence-electron chi connectivity index (χ1n) is 6.92. The quantitative estimate of drug-likeness (QED) is 0.820. The molecular weight excluding hydrogens is 325 g/mol. The first-order chi connectivity index (χ1) is 9.19. The lowest BCUT2D eigenvalue weighted by Gasteiger charge is -2.19. The van der Waals surface area contributed by atoms with E-state index in [4.69, 9.17) is 0 Å². The average Bonchev–Trinajstić information content (AvgIpc) is 2.91. The minimum atomic E-state index is -0.156. The second kappa shape index (κ2) is 7.65. The normalized spacial score (nSPS) is 17.8. The second-order valence-corrected chi connectivity index (χ2v) is 7.35. The molecule has 0 amide bonds. The highest BCUT2D eigenvalue weighted by Crippen LogP contribution is 2.30. The van der Waals surface area contributed by atoms with Crippen LogP contribution in [0.2, 0.25) is 0 Å². The highest BCUT2D eigenvalue weighted by molar-refractivity contribution is 9.10. The van der Waals surface area contributed by atoms with Gasteiger partial charge in [0.2, 0.25) is 0 Å². The third-order valence-corrected chi connectivity index (χ3v) is 6.03. The summed E-state index contributed by atoms with van der Waals surface area (Å²) in [5, 5.41) is 4.20. The number of nitrogens with one attached hydrogen (secondary N) is 1. The van der Waals surface area contributed by atoms with Crippen LogP contribution in [0.15, 0.2) is 22.7 Å². The van der Waals surface area contributed by atoms with Crippen LogP contribution in [-0.2, 0) is 6.42 Å². The summed E-state index contributed by atoms with van der Waals surface area (Å²) in [5.74, 6) is 0.945. The monoisotopic (exact) mass is 345 g/mol. The summed E-state index contributed by atoms with van der Waals surface area (Å²) < 4.78 is 14.3. The van der Waals surface area contributed by atoms with Crippen molar-refractivity contribution in [2.45, 2.75) is 43.4 Å². The zero-order valence-electron chi connectivity index (χ0n) is 11.3. The lowest BCUT2D eigenvalue weighted by Crippen LogP contribution is -2.31. The van der Waals surface area contributed by atoms with Crippen LogP contribution in [0.3, 0.4) is 0 Å². The van der Waals surface area contributed by atoms with Crippen LogP contribution in [0.25, 0.3) is 0 Å². The summed E-state index contributed by atoms with van der Waals surface area (Å²) in [5.41, 5.74) is 1.05. The molecule has 1 saturated carbocycles. The maximum atomic E-state index is 13.3. The van der Waals surface area contributed by atoms with Crippen molar-refractivity contribution in [1.82, 2.24) is 5.32 Å². The molecule has 1 aromatic carbocycles. The summed E-state index contributed by atoms with van der Waals surface area (Å²) in [7, 11) is 1.99. The number of benzene rings is 1. The highest BCUT2D eigenvalue weighted by Gasteiger charge is 2.18. The predicted molar refractivity (Wildman–Crippen MR) is 85.4 cm³/mol. The maximum Gasteiger partial charge on any atom is 0.123 e. The Morgan fingerprint density at radius 1 is 1.42 bits per heavy atom. The zero-order chi connectivity index (χ0) is 13.7. The molecule has 0 bridgehead atoms. The van der Waals surface area contributed by atoms with E-state index in [2.05, 4.69) is 33.0 Å². The van der Waals surface area contributed by atoms with E-state index in [0.717, 1.165) is 27.5 Å². The van der Waals surface area contributed by atoms with E-state index in [0.29, 0.717) is 6.04 Å². The summed E-state index contributed by atoms with van der Waals surface area (Å²) in [4.78, 5) is 0. The van der Waals surface area contributed by atoms with Crippen LogP contribution in [0.4, 0.5) is 4.39 Å². The molecule has 19 heavy (non-hydrogen) atoms. The van der Waals surface area contributed by atoms with Gasteiger partial charge in [-0.25, -0.2) is 4.39 Å². The van der Waals surface area contributed by atoms with Crippen LogP contribution in [0, 0.1) is 5.82 Å². The maximum absolute atomic E-state index is 13.3. The lowest BCUT2D eigenvalue weighted by atomic mass is 10.1. The molecule has 1 atom stereocenters. The fourth-order valence-corrected chi connectivity index (χ4v) is 4.38. The number of rotatable bonds is 6. The minimum absolute atomic E-state index is 0.156. The number of hydrogen-bond donors (Lipinski definition) is 1. The van der Waals surface area contributed by atoms with E-state index in [-0.39, 0.29) is 5.82 Å². The molecule has 0 aliphatic heterocycles. The molecule has 1 fully saturated rings. The SMILES string of the molecule is CNC(CSC1CCCC1)Cc1cc(F)ccc1Br. The van der Waals surface area contributed by atoms with Crippen LogP contribution < -0.4 is 5.32 Å². The first kappa shape index (κ1) is 15.3. The molecule has 0 spiro atoms. The standard InChI is InChI=1S/C15H21BrFNS/c1-18-13(10-19-14-4-2-3-5-14)9-11-8-12(17)6-7-15(11)16/h6-8,13-14,18H,2-5,9-10H2,1H3. The molecule has 0 heterocycles. The van der Waals surface area contributed by atoms with Gasteiger partial charge in [0.25, 0.3) is 0 Å². The molecule has 1 N–H and O–H groups in total. The molecule has 4 heteroatoms.